The first kappa shape index (κ1) is 15.4. The topological polar surface area (TPSA) is 47.3 Å². The van der Waals surface area contributed by atoms with Gasteiger partial charge in [0.05, 0.1) is 11.1 Å². The number of piperidine rings is 1. The second-order valence-corrected chi connectivity index (χ2v) is 6.09. The van der Waals surface area contributed by atoms with Gasteiger partial charge >= 0.3 is 6.18 Å². The van der Waals surface area contributed by atoms with E-state index in [9.17, 15) is 22.7 Å². The predicted molar refractivity (Wildman–Crippen MR) is 70.9 cm³/mol. The Bertz CT molecular complexity index is 634. The molecule has 1 saturated carbocycles. The molecule has 0 aromatic heterocycles. The van der Waals surface area contributed by atoms with Crippen molar-refractivity contribution in [3.05, 3.63) is 28.5 Å². The first-order chi connectivity index (χ1) is 10.2. The number of halogens is 5. The predicted octanol–water partition coefficient (Wildman–Crippen LogP) is 3.10. The molecule has 0 bridgehead atoms. The van der Waals surface area contributed by atoms with Gasteiger partial charge in [-0.05, 0) is 30.4 Å². The smallest absolute Gasteiger partial charge is 0.382 e. The number of rotatable bonds is 2. The van der Waals surface area contributed by atoms with E-state index in [2.05, 4.69) is 0 Å². The van der Waals surface area contributed by atoms with Crippen molar-refractivity contribution in [3.8, 4) is 6.07 Å². The average Bonchev–Trinajstić information content (AvgIpc) is 3.07. The number of benzene rings is 1. The van der Waals surface area contributed by atoms with Crippen molar-refractivity contribution in [2.45, 2.75) is 24.7 Å². The number of fused-ring (bicyclic) bond motifs is 1. The number of nitrogens with zero attached hydrogens (tertiary/aromatic N) is 2. The maximum atomic E-state index is 13.8. The van der Waals surface area contributed by atoms with Crippen LogP contribution in [0.25, 0.3) is 0 Å². The summed E-state index contributed by atoms with van der Waals surface area (Å²) in [7, 11) is 0. The molecule has 8 heteroatoms. The van der Waals surface area contributed by atoms with Gasteiger partial charge in [-0.2, -0.15) is 18.4 Å². The molecule has 0 radical (unpaired) electrons. The zero-order valence-corrected chi connectivity index (χ0v) is 11.9. The highest BCUT2D eigenvalue weighted by Crippen LogP contribution is 2.53. The van der Waals surface area contributed by atoms with Gasteiger partial charge in [0.15, 0.2) is 6.10 Å². The van der Waals surface area contributed by atoms with Crippen LogP contribution >= 0.6 is 11.6 Å². The van der Waals surface area contributed by atoms with E-state index in [1.165, 1.54) is 11.0 Å². The van der Waals surface area contributed by atoms with Gasteiger partial charge in [-0.15, -0.1) is 0 Å². The van der Waals surface area contributed by atoms with Crippen LogP contribution in [0.3, 0.4) is 0 Å². The molecule has 2 fully saturated rings. The monoisotopic (exact) mass is 334 g/mol. The average molecular weight is 335 g/mol. The molecule has 3 unspecified atom stereocenters. The van der Waals surface area contributed by atoms with Crippen LogP contribution in [0.1, 0.15) is 12.0 Å². The van der Waals surface area contributed by atoms with Crippen molar-refractivity contribution >= 4 is 17.3 Å². The molecular weight excluding hydrogens is 324 g/mol. The molecule has 3 rings (SSSR count). The van der Waals surface area contributed by atoms with E-state index in [0.29, 0.717) is 13.0 Å². The largest absolute Gasteiger partial charge is 0.416 e. The summed E-state index contributed by atoms with van der Waals surface area (Å²) in [6.07, 6.45) is -6.61. The minimum atomic E-state index is -4.74. The van der Waals surface area contributed by atoms with E-state index in [1.54, 1.807) is 6.07 Å². The third-order valence-corrected chi connectivity index (χ3v) is 4.63. The van der Waals surface area contributed by atoms with Gasteiger partial charge in [0.2, 0.25) is 0 Å². The molecule has 0 amide bonds. The molecule has 3 nitrogen and oxygen atoms in total. The number of hydrogen-bond donors (Lipinski definition) is 1. The summed E-state index contributed by atoms with van der Waals surface area (Å²) in [5.41, 5.74) is -0.190. The molecule has 1 N–H and O–H groups in total. The normalized spacial score (nSPS) is 28.2. The molecule has 1 aromatic carbocycles. The third-order valence-electron chi connectivity index (χ3n) is 4.34. The van der Waals surface area contributed by atoms with Crippen molar-refractivity contribution in [2.24, 2.45) is 11.8 Å². The molecule has 0 spiro atoms. The van der Waals surface area contributed by atoms with Crippen molar-refractivity contribution in [2.75, 3.05) is 11.4 Å². The van der Waals surface area contributed by atoms with Gasteiger partial charge in [0, 0.05) is 12.2 Å². The summed E-state index contributed by atoms with van der Waals surface area (Å²) < 4.78 is 52.3. The Labute approximate surface area is 128 Å². The van der Waals surface area contributed by atoms with E-state index in [4.69, 9.17) is 16.9 Å². The van der Waals surface area contributed by atoms with E-state index < -0.39 is 24.1 Å². The fourth-order valence-electron chi connectivity index (χ4n) is 3.21. The number of hydrogen-bond acceptors (Lipinski definition) is 3. The number of alkyl halides is 3. The van der Waals surface area contributed by atoms with Crippen LogP contribution in [0.2, 0.25) is 5.02 Å². The van der Waals surface area contributed by atoms with Gasteiger partial charge < -0.3 is 10.0 Å². The number of anilines is 1. The van der Waals surface area contributed by atoms with Crippen molar-refractivity contribution in [1.29, 1.82) is 5.26 Å². The zero-order chi connectivity index (χ0) is 16.2. The van der Waals surface area contributed by atoms with E-state index >= 15 is 0 Å². The Balaban J connectivity index is 1.96. The lowest BCUT2D eigenvalue weighted by molar-refractivity contribution is -0.210. The third kappa shape index (κ3) is 2.40. The van der Waals surface area contributed by atoms with E-state index in [0.717, 1.165) is 6.07 Å². The van der Waals surface area contributed by atoms with Gasteiger partial charge in [0.1, 0.15) is 17.4 Å². The first-order valence-electron chi connectivity index (χ1n) is 6.64. The van der Waals surface area contributed by atoms with Crippen LogP contribution in [-0.2, 0) is 0 Å². The number of aliphatic hydroxyl groups excluding tert-OH is 1. The van der Waals surface area contributed by atoms with Crippen LogP contribution in [0.5, 0.6) is 0 Å². The van der Waals surface area contributed by atoms with Crippen molar-refractivity contribution < 1.29 is 22.7 Å². The van der Waals surface area contributed by atoms with E-state index in [-0.39, 0.29) is 28.1 Å². The zero-order valence-electron chi connectivity index (χ0n) is 11.1. The van der Waals surface area contributed by atoms with E-state index in [1.807, 2.05) is 0 Å². The van der Waals surface area contributed by atoms with Gasteiger partial charge in [-0.3, -0.25) is 0 Å². The molecule has 1 aliphatic heterocycles. The van der Waals surface area contributed by atoms with Crippen LogP contribution in [0.4, 0.5) is 23.2 Å². The minimum Gasteiger partial charge on any atom is -0.382 e. The Morgan fingerprint density at radius 3 is 2.64 bits per heavy atom. The Kier molecular flexibility index (Phi) is 3.49. The first-order valence-corrected chi connectivity index (χ1v) is 7.02. The second kappa shape index (κ2) is 5.00. The quantitative estimate of drug-likeness (QED) is 0.845. The number of aliphatic hydroxyl groups is 1. The van der Waals surface area contributed by atoms with Gasteiger partial charge in [-0.1, -0.05) is 11.6 Å². The number of nitriles is 1. The highest BCUT2D eigenvalue weighted by atomic mass is 35.5. The molecule has 1 heterocycles. The highest BCUT2D eigenvalue weighted by Gasteiger charge is 2.60. The van der Waals surface area contributed by atoms with Gasteiger partial charge in [-0.25, -0.2) is 4.39 Å². The lowest BCUT2D eigenvalue weighted by Gasteiger charge is -2.34. The standard InChI is InChI=1S/C14H11ClF4N2O/c15-10-2-7(3-11(16)9(10)4-20)21-5-6-1-8(6)12(21)13(22)14(17,18)19/h2-3,6,8,12-13,22H,1,5H2/t6?,8?,12-,13?/m1/s1. The Morgan fingerprint density at radius 2 is 2.09 bits per heavy atom. The Hall–Kier alpha value is -1.52. The molecule has 1 aliphatic carbocycles. The van der Waals surface area contributed by atoms with Crippen LogP contribution in [-0.4, -0.2) is 30.0 Å². The minimum absolute atomic E-state index is 0.0690. The lowest BCUT2D eigenvalue weighted by Crippen LogP contribution is -2.49. The highest BCUT2D eigenvalue weighted by molar-refractivity contribution is 6.32. The van der Waals surface area contributed by atoms with Crippen LogP contribution in [0, 0.1) is 29.0 Å². The summed E-state index contributed by atoms with van der Waals surface area (Å²) in [5, 5.41) is 18.2. The maximum absolute atomic E-state index is 13.8. The molecule has 4 atom stereocenters. The molecule has 1 aromatic rings. The van der Waals surface area contributed by atoms with Crippen molar-refractivity contribution in [1.82, 2.24) is 0 Å². The molecular formula is C14H11ClF4N2O. The maximum Gasteiger partial charge on any atom is 0.416 e. The van der Waals surface area contributed by atoms with Crippen LogP contribution in [0.15, 0.2) is 12.1 Å². The summed E-state index contributed by atoms with van der Waals surface area (Å²) in [6, 6.07) is 2.72. The fraction of sp³-hybridized carbons (Fsp3) is 0.500. The lowest BCUT2D eigenvalue weighted by atomic mass is 10.0. The fourth-order valence-corrected chi connectivity index (χ4v) is 3.46. The summed E-state index contributed by atoms with van der Waals surface area (Å²) in [6.45, 7) is 0.310. The summed E-state index contributed by atoms with van der Waals surface area (Å²) in [4.78, 5) is 1.34. The SMILES string of the molecule is N#Cc1c(F)cc(N2CC3CC3[C@@H]2C(O)C(F)(F)F)cc1Cl. The Morgan fingerprint density at radius 1 is 1.41 bits per heavy atom. The molecule has 22 heavy (non-hydrogen) atoms. The summed E-state index contributed by atoms with van der Waals surface area (Å²) >= 11 is 5.80. The van der Waals surface area contributed by atoms with Crippen LogP contribution < -0.4 is 4.90 Å². The van der Waals surface area contributed by atoms with Gasteiger partial charge in [0.25, 0.3) is 0 Å². The molecule has 2 aliphatic rings. The summed E-state index contributed by atoms with van der Waals surface area (Å²) in [5.74, 6) is -1.07. The molecule has 1 saturated heterocycles. The van der Waals surface area contributed by atoms with Crippen molar-refractivity contribution in [3.63, 3.8) is 0 Å². The molecule has 118 valence electrons. The second-order valence-electron chi connectivity index (χ2n) is 5.69.